The van der Waals surface area contributed by atoms with Crippen LogP contribution in [0.1, 0.15) is 81.9 Å². The molecule has 0 aliphatic heterocycles. The van der Waals surface area contributed by atoms with Crippen molar-refractivity contribution >= 4 is 5.82 Å². The first-order valence-corrected chi connectivity index (χ1v) is 13.6. The van der Waals surface area contributed by atoms with Gasteiger partial charge in [-0.05, 0) is 127 Å². The SMILES string of the molecule is C=C1CC(C(C)CCCNc2cc(CC)ccn2)C2C3CCc4cc(F)ccc4C3CCC12C. The minimum atomic E-state index is -0.0798. The topological polar surface area (TPSA) is 24.9 Å². The second-order valence-electron chi connectivity index (χ2n) is 11.6. The van der Waals surface area contributed by atoms with Crippen LogP contribution in [0.25, 0.3) is 0 Å². The number of allylic oxidation sites excluding steroid dienone is 1. The van der Waals surface area contributed by atoms with Gasteiger partial charge in [-0.25, -0.2) is 9.37 Å². The molecule has 182 valence electrons. The van der Waals surface area contributed by atoms with Crippen LogP contribution in [0.4, 0.5) is 10.2 Å². The van der Waals surface area contributed by atoms with Gasteiger partial charge >= 0.3 is 0 Å². The van der Waals surface area contributed by atoms with Gasteiger partial charge in [-0.1, -0.05) is 39.0 Å². The molecule has 0 bridgehead atoms. The monoisotopic (exact) mass is 460 g/mol. The summed E-state index contributed by atoms with van der Waals surface area (Å²) in [7, 11) is 0. The molecule has 0 amide bonds. The molecule has 2 nitrogen and oxygen atoms in total. The maximum absolute atomic E-state index is 13.9. The third kappa shape index (κ3) is 4.20. The van der Waals surface area contributed by atoms with Crippen molar-refractivity contribution in [3.8, 4) is 0 Å². The summed E-state index contributed by atoms with van der Waals surface area (Å²) in [6, 6.07) is 9.84. The zero-order valence-corrected chi connectivity index (χ0v) is 21.2. The van der Waals surface area contributed by atoms with Gasteiger partial charge in [0.1, 0.15) is 11.6 Å². The number of pyridine rings is 1. The van der Waals surface area contributed by atoms with Crippen molar-refractivity contribution in [3.05, 3.63) is 71.2 Å². The third-order valence-electron chi connectivity index (χ3n) is 9.80. The number of aryl methyl sites for hydroxylation is 2. The predicted molar refractivity (Wildman–Crippen MR) is 140 cm³/mol. The fraction of sp³-hybridized carbons (Fsp3) is 0.581. The minimum absolute atomic E-state index is 0.0798. The molecule has 2 saturated carbocycles. The number of hydrogen-bond donors (Lipinski definition) is 1. The Bertz CT molecular complexity index is 1050. The molecule has 1 N–H and O–H groups in total. The summed E-state index contributed by atoms with van der Waals surface area (Å²) in [6.45, 7) is 12.8. The highest BCUT2D eigenvalue weighted by molar-refractivity contribution is 5.38. The van der Waals surface area contributed by atoms with Gasteiger partial charge in [-0.2, -0.15) is 0 Å². The summed E-state index contributed by atoms with van der Waals surface area (Å²) >= 11 is 0. The summed E-state index contributed by atoms with van der Waals surface area (Å²) < 4.78 is 13.9. The molecule has 0 spiro atoms. The lowest BCUT2D eigenvalue weighted by Crippen LogP contribution is -2.43. The van der Waals surface area contributed by atoms with Crippen LogP contribution in [0.3, 0.4) is 0 Å². The van der Waals surface area contributed by atoms with Gasteiger partial charge < -0.3 is 5.32 Å². The number of nitrogens with zero attached hydrogens (tertiary/aromatic N) is 1. The van der Waals surface area contributed by atoms with E-state index in [1.54, 1.807) is 12.1 Å². The lowest BCUT2D eigenvalue weighted by Gasteiger charge is -2.51. The number of benzene rings is 1. The van der Waals surface area contributed by atoms with Crippen LogP contribution in [0.5, 0.6) is 0 Å². The van der Waals surface area contributed by atoms with Crippen LogP contribution in [0.2, 0.25) is 0 Å². The third-order valence-corrected chi connectivity index (χ3v) is 9.80. The van der Waals surface area contributed by atoms with E-state index in [1.807, 2.05) is 6.20 Å². The fourth-order valence-corrected chi connectivity index (χ4v) is 7.85. The highest BCUT2D eigenvalue weighted by Gasteiger charge is 2.56. The molecule has 34 heavy (non-hydrogen) atoms. The van der Waals surface area contributed by atoms with E-state index in [9.17, 15) is 4.39 Å². The molecule has 6 unspecified atom stereocenters. The van der Waals surface area contributed by atoms with E-state index in [2.05, 4.69) is 55.9 Å². The summed E-state index contributed by atoms with van der Waals surface area (Å²) in [5.74, 6) is 4.35. The molecule has 2 aromatic rings. The van der Waals surface area contributed by atoms with Crippen LogP contribution in [-0.4, -0.2) is 11.5 Å². The van der Waals surface area contributed by atoms with E-state index in [0.717, 1.165) is 25.2 Å². The van der Waals surface area contributed by atoms with Gasteiger partial charge in [0.15, 0.2) is 0 Å². The highest BCUT2D eigenvalue weighted by Crippen LogP contribution is 2.65. The normalized spacial score (nSPS) is 30.9. The zero-order chi connectivity index (χ0) is 23.9. The molecule has 3 aliphatic rings. The van der Waals surface area contributed by atoms with Gasteiger partial charge in [0.2, 0.25) is 0 Å². The average Bonchev–Trinajstić information content (AvgIpc) is 3.12. The lowest BCUT2D eigenvalue weighted by atomic mass is 9.53. The minimum Gasteiger partial charge on any atom is -0.370 e. The molecule has 3 aliphatic carbocycles. The summed E-state index contributed by atoms with van der Waals surface area (Å²) in [5, 5.41) is 3.54. The summed E-state index contributed by atoms with van der Waals surface area (Å²) in [6.07, 6.45) is 11.2. The molecule has 6 atom stereocenters. The van der Waals surface area contributed by atoms with Crippen LogP contribution in [-0.2, 0) is 12.8 Å². The molecule has 0 saturated heterocycles. The Labute approximate surface area is 205 Å². The second-order valence-corrected chi connectivity index (χ2v) is 11.6. The van der Waals surface area contributed by atoms with E-state index < -0.39 is 0 Å². The molecule has 1 aromatic carbocycles. The molecule has 1 heterocycles. The molecule has 5 rings (SSSR count). The maximum atomic E-state index is 13.9. The van der Waals surface area contributed by atoms with Crippen molar-refractivity contribution < 1.29 is 4.39 Å². The Morgan fingerprint density at radius 2 is 2.09 bits per heavy atom. The van der Waals surface area contributed by atoms with Crippen LogP contribution >= 0.6 is 0 Å². The zero-order valence-electron chi connectivity index (χ0n) is 21.2. The van der Waals surface area contributed by atoms with Gasteiger partial charge in [0.05, 0.1) is 0 Å². The molecular formula is C31H41FN2. The van der Waals surface area contributed by atoms with E-state index >= 15 is 0 Å². The molecule has 1 aromatic heterocycles. The summed E-state index contributed by atoms with van der Waals surface area (Å²) in [4.78, 5) is 4.48. The van der Waals surface area contributed by atoms with Crippen molar-refractivity contribution in [1.82, 2.24) is 4.98 Å². The van der Waals surface area contributed by atoms with E-state index in [-0.39, 0.29) is 11.2 Å². The van der Waals surface area contributed by atoms with Crippen molar-refractivity contribution in [1.29, 1.82) is 0 Å². The number of halogens is 1. The number of aromatic nitrogens is 1. The largest absolute Gasteiger partial charge is 0.370 e. The predicted octanol–water partition coefficient (Wildman–Crippen LogP) is 7.95. The molecule has 2 fully saturated rings. The standard InChI is InChI=1S/C31H41FN2/c1-5-22-13-16-34-29(18-22)33-15-6-7-20(2)28-17-21(3)31(4)14-12-26-25-11-9-24(32)19-23(25)8-10-27(26)30(28)31/h9,11,13,16,18-20,26-28,30H,3,5-8,10,12,14-15,17H2,1-2,4H3,(H,33,34). The van der Waals surface area contributed by atoms with Gasteiger partial charge in [-0.15, -0.1) is 0 Å². The van der Waals surface area contributed by atoms with E-state index in [4.69, 9.17) is 0 Å². The first-order chi connectivity index (χ1) is 16.4. The van der Waals surface area contributed by atoms with Crippen molar-refractivity contribution in [2.75, 3.05) is 11.9 Å². The van der Waals surface area contributed by atoms with Crippen molar-refractivity contribution in [2.24, 2.45) is 29.1 Å². The first kappa shape index (κ1) is 23.6. The smallest absolute Gasteiger partial charge is 0.126 e. The Balaban J connectivity index is 1.26. The van der Waals surface area contributed by atoms with Gasteiger partial charge in [0, 0.05) is 12.7 Å². The lowest BCUT2D eigenvalue weighted by molar-refractivity contribution is 0.0317. The van der Waals surface area contributed by atoms with Gasteiger partial charge in [-0.3, -0.25) is 0 Å². The van der Waals surface area contributed by atoms with E-state index in [1.165, 1.54) is 60.8 Å². The second kappa shape index (κ2) is 9.47. The first-order valence-electron chi connectivity index (χ1n) is 13.6. The molecule has 0 radical (unpaired) electrons. The Morgan fingerprint density at radius 1 is 1.24 bits per heavy atom. The highest BCUT2D eigenvalue weighted by atomic mass is 19.1. The Hall–Kier alpha value is -2.16. The molecule has 3 heteroatoms. The number of fused-ring (bicyclic) bond motifs is 5. The van der Waals surface area contributed by atoms with Crippen LogP contribution in [0.15, 0.2) is 48.7 Å². The summed E-state index contributed by atoms with van der Waals surface area (Å²) in [5.41, 5.74) is 5.81. The maximum Gasteiger partial charge on any atom is 0.126 e. The number of nitrogens with one attached hydrogen (secondary N) is 1. The van der Waals surface area contributed by atoms with Crippen LogP contribution < -0.4 is 5.32 Å². The molecular weight excluding hydrogens is 419 g/mol. The number of hydrogen-bond acceptors (Lipinski definition) is 2. The van der Waals surface area contributed by atoms with Gasteiger partial charge in [0.25, 0.3) is 0 Å². The Morgan fingerprint density at radius 3 is 2.91 bits per heavy atom. The van der Waals surface area contributed by atoms with E-state index in [0.29, 0.717) is 29.6 Å². The van der Waals surface area contributed by atoms with Crippen LogP contribution in [0, 0.1) is 34.9 Å². The van der Waals surface area contributed by atoms with Crippen molar-refractivity contribution in [2.45, 2.75) is 78.1 Å². The fourth-order valence-electron chi connectivity index (χ4n) is 7.85. The van der Waals surface area contributed by atoms with Crippen molar-refractivity contribution in [3.63, 3.8) is 0 Å². The number of rotatable bonds is 7. The number of anilines is 1. The Kier molecular flexibility index (Phi) is 6.57. The quantitative estimate of drug-likeness (QED) is 0.335. The average molecular weight is 461 g/mol.